The highest BCUT2D eigenvalue weighted by atomic mass is 16.5. The quantitative estimate of drug-likeness (QED) is 0.441. The van der Waals surface area contributed by atoms with E-state index in [9.17, 15) is 0 Å². The zero-order valence-electron chi connectivity index (χ0n) is 16.5. The molecule has 4 rings (SSSR count). The maximum atomic E-state index is 5.86. The number of anilines is 3. The van der Waals surface area contributed by atoms with Gasteiger partial charge in [0.05, 0.1) is 18.5 Å². The predicted octanol–water partition coefficient (Wildman–Crippen LogP) is 3.56. The SMILES string of the molecule is COc1ccc(Oc2ccc(C(C)Nc3ncc4c(N)nc(N)nc4n3)cc2)cc1. The Bertz CT molecular complexity index is 1160. The second-order valence-electron chi connectivity index (χ2n) is 6.61. The molecule has 30 heavy (non-hydrogen) atoms. The molecular formula is C21H21N7O2. The Balaban J connectivity index is 1.45. The van der Waals surface area contributed by atoms with E-state index >= 15 is 0 Å². The van der Waals surface area contributed by atoms with Crippen LogP contribution in [0.2, 0.25) is 0 Å². The van der Waals surface area contributed by atoms with Gasteiger partial charge in [-0.15, -0.1) is 0 Å². The lowest BCUT2D eigenvalue weighted by molar-refractivity contribution is 0.413. The Labute approximate surface area is 173 Å². The van der Waals surface area contributed by atoms with Crippen LogP contribution in [0.25, 0.3) is 11.0 Å². The van der Waals surface area contributed by atoms with Crippen LogP contribution in [0.1, 0.15) is 18.5 Å². The van der Waals surface area contributed by atoms with Gasteiger partial charge >= 0.3 is 0 Å². The fourth-order valence-electron chi connectivity index (χ4n) is 2.91. The van der Waals surface area contributed by atoms with Gasteiger partial charge < -0.3 is 26.3 Å². The number of hydrogen-bond acceptors (Lipinski definition) is 9. The summed E-state index contributed by atoms with van der Waals surface area (Å²) >= 11 is 0. The molecule has 2 aromatic carbocycles. The van der Waals surface area contributed by atoms with Crippen LogP contribution in [0.4, 0.5) is 17.7 Å². The number of ether oxygens (including phenoxy) is 2. The minimum Gasteiger partial charge on any atom is -0.497 e. The second kappa shape index (κ2) is 8.08. The normalized spacial score (nSPS) is 11.8. The average molecular weight is 403 g/mol. The third-order valence-corrected chi connectivity index (χ3v) is 4.52. The Morgan fingerprint density at radius 3 is 2.17 bits per heavy atom. The molecule has 0 bridgehead atoms. The number of nitrogen functional groups attached to an aromatic ring is 2. The Kier molecular flexibility index (Phi) is 5.17. The first-order chi connectivity index (χ1) is 14.5. The van der Waals surface area contributed by atoms with E-state index in [0.717, 1.165) is 22.8 Å². The molecule has 0 saturated heterocycles. The maximum Gasteiger partial charge on any atom is 0.225 e. The number of nitrogens with two attached hydrogens (primary N) is 2. The molecule has 0 aliphatic rings. The number of nitrogens with zero attached hydrogens (tertiary/aromatic N) is 4. The Morgan fingerprint density at radius 2 is 1.50 bits per heavy atom. The van der Waals surface area contributed by atoms with Gasteiger partial charge in [0, 0.05) is 6.20 Å². The smallest absolute Gasteiger partial charge is 0.225 e. The molecule has 0 amide bonds. The van der Waals surface area contributed by atoms with Crippen molar-refractivity contribution in [3.63, 3.8) is 0 Å². The lowest BCUT2D eigenvalue weighted by atomic mass is 10.1. The molecule has 0 saturated carbocycles. The van der Waals surface area contributed by atoms with Crippen LogP contribution < -0.4 is 26.3 Å². The maximum absolute atomic E-state index is 5.86. The third kappa shape index (κ3) is 4.14. The van der Waals surface area contributed by atoms with E-state index in [1.165, 1.54) is 0 Å². The molecule has 1 atom stereocenters. The van der Waals surface area contributed by atoms with Gasteiger partial charge in [-0.25, -0.2) is 4.98 Å². The number of methoxy groups -OCH3 is 1. The fraction of sp³-hybridized carbons (Fsp3) is 0.143. The van der Waals surface area contributed by atoms with E-state index in [-0.39, 0.29) is 17.8 Å². The molecular weight excluding hydrogens is 382 g/mol. The van der Waals surface area contributed by atoms with E-state index in [2.05, 4.69) is 25.3 Å². The first-order valence-corrected chi connectivity index (χ1v) is 9.26. The van der Waals surface area contributed by atoms with Crippen molar-refractivity contribution in [2.24, 2.45) is 0 Å². The monoisotopic (exact) mass is 403 g/mol. The molecule has 4 aromatic rings. The summed E-state index contributed by atoms with van der Waals surface area (Å²) < 4.78 is 11.0. The second-order valence-corrected chi connectivity index (χ2v) is 6.61. The minimum atomic E-state index is -0.0472. The Hall–Kier alpha value is -4.14. The summed E-state index contributed by atoms with van der Waals surface area (Å²) in [5.74, 6) is 3.01. The van der Waals surface area contributed by atoms with Crippen LogP contribution in [-0.2, 0) is 0 Å². The summed E-state index contributed by atoms with van der Waals surface area (Å²) in [5, 5.41) is 3.81. The van der Waals surface area contributed by atoms with Gasteiger partial charge in [-0.05, 0) is 48.9 Å². The van der Waals surface area contributed by atoms with Crippen LogP contribution in [0.3, 0.4) is 0 Å². The van der Waals surface area contributed by atoms with Crippen molar-refractivity contribution < 1.29 is 9.47 Å². The number of nitrogens with one attached hydrogen (secondary N) is 1. The highest BCUT2D eigenvalue weighted by Crippen LogP contribution is 2.26. The van der Waals surface area contributed by atoms with Crippen molar-refractivity contribution in [1.82, 2.24) is 19.9 Å². The number of rotatable bonds is 6. The van der Waals surface area contributed by atoms with Crippen molar-refractivity contribution in [1.29, 1.82) is 0 Å². The predicted molar refractivity (Wildman–Crippen MR) is 116 cm³/mol. The number of aromatic nitrogens is 4. The van der Waals surface area contributed by atoms with Crippen molar-refractivity contribution >= 4 is 28.7 Å². The first kappa shape index (κ1) is 19.2. The van der Waals surface area contributed by atoms with Gasteiger partial charge in [0.1, 0.15) is 23.1 Å². The molecule has 0 fully saturated rings. The average Bonchev–Trinajstić information content (AvgIpc) is 2.74. The van der Waals surface area contributed by atoms with Crippen LogP contribution in [0.15, 0.2) is 54.7 Å². The molecule has 0 aliphatic carbocycles. The lowest BCUT2D eigenvalue weighted by Gasteiger charge is -2.15. The van der Waals surface area contributed by atoms with E-state index in [1.807, 2.05) is 55.5 Å². The summed E-state index contributed by atoms with van der Waals surface area (Å²) in [6, 6.07) is 15.2. The van der Waals surface area contributed by atoms with Gasteiger partial charge in [0.15, 0.2) is 5.65 Å². The van der Waals surface area contributed by atoms with Crippen molar-refractivity contribution in [2.75, 3.05) is 23.9 Å². The van der Waals surface area contributed by atoms with Crippen LogP contribution in [-0.4, -0.2) is 27.0 Å². The molecule has 0 aliphatic heterocycles. The van der Waals surface area contributed by atoms with Gasteiger partial charge in [0.25, 0.3) is 0 Å². The highest BCUT2D eigenvalue weighted by Gasteiger charge is 2.11. The van der Waals surface area contributed by atoms with E-state index in [1.54, 1.807) is 13.3 Å². The number of fused-ring (bicyclic) bond motifs is 1. The van der Waals surface area contributed by atoms with Gasteiger partial charge in [-0.3, -0.25) is 0 Å². The largest absolute Gasteiger partial charge is 0.497 e. The minimum absolute atomic E-state index is 0.0472. The molecule has 9 heteroatoms. The zero-order valence-corrected chi connectivity index (χ0v) is 16.5. The van der Waals surface area contributed by atoms with Crippen LogP contribution in [0, 0.1) is 0 Å². The summed E-state index contributed by atoms with van der Waals surface area (Å²) in [6.07, 6.45) is 1.58. The number of benzene rings is 2. The van der Waals surface area contributed by atoms with Crippen molar-refractivity contribution in [3.05, 3.63) is 60.3 Å². The molecule has 0 spiro atoms. The van der Waals surface area contributed by atoms with Crippen molar-refractivity contribution in [3.8, 4) is 17.2 Å². The summed E-state index contributed by atoms with van der Waals surface area (Å²) in [5.41, 5.74) is 12.9. The third-order valence-electron chi connectivity index (χ3n) is 4.52. The van der Waals surface area contributed by atoms with Crippen LogP contribution in [0.5, 0.6) is 17.2 Å². The summed E-state index contributed by atoms with van der Waals surface area (Å²) in [7, 11) is 1.63. The van der Waals surface area contributed by atoms with Crippen molar-refractivity contribution in [2.45, 2.75) is 13.0 Å². The van der Waals surface area contributed by atoms with E-state index < -0.39 is 0 Å². The van der Waals surface area contributed by atoms with Gasteiger partial charge in [-0.1, -0.05) is 12.1 Å². The molecule has 1 unspecified atom stereocenters. The number of hydrogen-bond donors (Lipinski definition) is 3. The zero-order chi connectivity index (χ0) is 21.1. The highest BCUT2D eigenvalue weighted by molar-refractivity contribution is 5.85. The van der Waals surface area contributed by atoms with Gasteiger partial charge in [-0.2, -0.15) is 15.0 Å². The lowest BCUT2D eigenvalue weighted by Crippen LogP contribution is -2.10. The summed E-state index contributed by atoms with van der Waals surface area (Å²) in [6.45, 7) is 2.01. The molecule has 0 radical (unpaired) electrons. The molecule has 152 valence electrons. The molecule has 2 aromatic heterocycles. The molecule has 2 heterocycles. The standard InChI is InChI=1S/C21H21N7O2/c1-12(25-21-24-11-17-18(22)26-20(23)27-19(17)28-21)13-3-5-15(6-4-13)30-16-9-7-14(29-2)8-10-16/h3-12H,1-2H3,(H5,22,23,24,25,26,27,28). The fourth-order valence-corrected chi connectivity index (χ4v) is 2.91. The molecule has 5 N–H and O–H groups in total. The molecule has 9 nitrogen and oxygen atoms in total. The van der Waals surface area contributed by atoms with Gasteiger partial charge in [0.2, 0.25) is 11.9 Å². The topological polar surface area (TPSA) is 134 Å². The Morgan fingerprint density at radius 1 is 0.867 bits per heavy atom. The first-order valence-electron chi connectivity index (χ1n) is 9.26. The summed E-state index contributed by atoms with van der Waals surface area (Å²) in [4.78, 5) is 16.7. The van der Waals surface area contributed by atoms with E-state index in [0.29, 0.717) is 17.0 Å². The van der Waals surface area contributed by atoms with Crippen LogP contribution >= 0.6 is 0 Å². The van der Waals surface area contributed by atoms with E-state index in [4.69, 9.17) is 20.9 Å².